The van der Waals surface area contributed by atoms with Crippen LogP contribution in [0.2, 0.25) is 0 Å². The van der Waals surface area contributed by atoms with Crippen molar-refractivity contribution in [2.75, 3.05) is 12.5 Å². The number of halogens is 1. The fraction of sp³-hybridized carbons (Fsp3) is 0.286. The van der Waals surface area contributed by atoms with Crippen LogP contribution in [-0.2, 0) is 6.42 Å². The van der Waals surface area contributed by atoms with Gasteiger partial charge in [0, 0.05) is 11.3 Å². The van der Waals surface area contributed by atoms with Gasteiger partial charge in [0.25, 0.3) is 0 Å². The summed E-state index contributed by atoms with van der Waals surface area (Å²) < 4.78 is 5.61. The number of alkyl halides is 1. The van der Waals surface area contributed by atoms with Gasteiger partial charge in [-0.3, -0.25) is 0 Å². The molecule has 2 aromatic rings. The standard InChI is InChI=1S/C14H15ClO2S/c15-9-12(16)10-17-14-6-2-1-4-11(14)8-13-5-3-7-18-13/h1-7,12,16H,8-10H2. The van der Waals surface area contributed by atoms with Gasteiger partial charge in [-0.05, 0) is 23.1 Å². The molecule has 1 aromatic heterocycles. The minimum atomic E-state index is -0.624. The van der Waals surface area contributed by atoms with Crippen molar-refractivity contribution in [3.63, 3.8) is 0 Å². The van der Waals surface area contributed by atoms with Crippen LogP contribution in [0.1, 0.15) is 10.4 Å². The van der Waals surface area contributed by atoms with Gasteiger partial charge in [0.2, 0.25) is 0 Å². The molecule has 0 spiro atoms. The number of aliphatic hydroxyl groups is 1. The molecular weight excluding hydrogens is 268 g/mol. The molecule has 1 atom stereocenters. The summed E-state index contributed by atoms with van der Waals surface area (Å²) in [4.78, 5) is 1.30. The molecule has 2 nitrogen and oxygen atoms in total. The zero-order valence-electron chi connectivity index (χ0n) is 9.88. The molecule has 4 heteroatoms. The fourth-order valence-electron chi connectivity index (χ4n) is 1.62. The Morgan fingerprint density at radius 1 is 1.22 bits per heavy atom. The molecule has 0 fully saturated rings. The highest BCUT2D eigenvalue weighted by Crippen LogP contribution is 2.23. The monoisotopic (exact) mass is 282 g/mol. The van der Waals surface area contributed by atoms with Gasteiger partial charge in [-0.25, -0.2) is 0 Å². The van der Waals surface area contributed by atoms with Crippen LogP contribution in [0.4, 0.5) is 0 Å². The Morgan fingerprint density at radius 3 is 2.78 bits per heavy atom. The van der Waals surface area contributed by atoms with Crippen LogP contribution >= 0.6 is 22.9 Å². The van der Waals surface area contributed by atoms with E-state index in [2.05, 4.69) is 11.4 Å². The highest BCUT2D eigenvalue weighted by atomic mass is 35.5. The average molecular weight is 283 g/mol. The van der Waals surface area contributed by atoms with Gasteiger partial charge < -0.3 is 9.84 Å². The largest absolute Gasteiger partial charge is 0.491 e. The first-order valence-corrected chi connectivity index (χ1v) is 7.18. The average Bonchev–Trinajstić information content (AvgIpc) is 2.90. The minimum Gasteiger partial charge on any atom is -0.491 e. The third-order valence-corrected chi connectivity index (χ3v) is 3.76. The van der Waals surface area contributed by atoms with Gasteiger partial charge in [-0.1, -0.05) is 24.3 Å². The second-order valence-corrected chi connectivity index (χ2v) is 5.32. The van der Waals surface area contributed by atoms with Gasteiger partial charge >= 0.3 is 0 Å². The molecule has 0 saturated heterocycles. The SMILES string of the molecule is OC(CCl)COc1ccccc1Cc1cccs1. The van der Waals surface area contributed by atoms with Crippen molar-refractivity contribution >= 4 is 22.9 Å². The summed E-state index contributed by atoms with van der Waals surface area (Å²) in [5.41, 5.74) is 1.13. The van der Waals surface area contributed by atoms with Crippen LogP contribution in [0.15, 0.2) is 41.8 Å². The van der Waals surface area contributed by atoms with E-state index >= 15 is 0 Å². The zero-order valence-corrected chi connectivity index (χ0v) is 11.5. The lowest BCUT2D eigenvalue weighted by atomic mass is 10.1. The molecule has 96 valence electrons. The smallest absolute Gasteiger partial charge is 0.122 e. The number of hydrogen-bond acceptors (Lipinski definition) is 3. The van der Waals surface area contributed by atoms with E-state index in [0.29, 0.717) is 0 Å². The van der Waals surface area contributed by atoms with Crippen molar-refractivity contribution in [3.05, 3.63) is 52.2 Å². The molecule has 0 radical (unpaired) electrons. The van der Waals surface area contributed by atoms with Gasteiger partial charge in [0.05, 0.1) is 5.88 Å². The maximum atomic E-state index is 9.41. The lowest BCUT2D eigenvalue weighted by Gasteiger charge is -2.13. The van der Waals surface area contributed by atoms with Crippen molar-refractivity contribution in [2.45, 2.75) is 12.5 Å². The Morgan fingerprint density at radius 2 is 2.06 bits per heavy atom. The Balaban J connectivity index is 2.05. The normalized spacial score (nSPS) is 12.3. The van der Waals surface area contributed by atoms with E-state index in [0.717, 1.165) is 17.7 Å². The summed E-state index contributed by atoms with van der Waals surface area (Å²) in [6, 6.07) is 12.0. The van der Waals surface area contributed by atoms with Crippen molar-refractivity contribution in [1.82, 2.24) is 0 Å². The maximum Gasteiger partial charge on any atom is 0.122 e. The van der Waals surface area contributed by atoms with Gasteiger partial charge in [0.15, 0.2) is 0 Å². The van der Waals surface area contributed by atoms with Crippen molar-refractivity contribution < 1.29 is 9.84 Å². The lowest BCUT2D eigenvalue weighted by Crippen LogP contribution is -2.19. The van der Waals surface area contributed by atoms with Crippen molar-refractivity contribution in [1.29, 1.82) is 0 Å². The van der Waals surface area contributed by atoms with Gasteiger partial charge in [-0.2, -0.15) is 0 Å². The number of benzene rings is 1. The Bertz CT molecular complexity index is 470. The number of thiophene rings is 1. The summed E-state index contributed by atoms with van der Waals surface area (Å²) in [6.07, 6.45) is 0.228. The van der Waals surface area contributed by atoms with E-state index in [1.54, 1.807) is 11.3 Å². The third-order valence-electron chi connectivity index (χ3n) is 2.53. The molecule has 1 aromatic carbocycles. The predicted octanol–water partition coefficient (Wildman–Crippen LogP) is 3.32. The van der Waals surface area contributed by atoms with Gasteiger partial charge in [0.1, 0.15) is 18.5 Å². The second kappa shape index (κ2) is 6.78. The molecule has 0 aliphatic rings. The predicted molar refractivity (Wildman–Crippen MR) is 75.8 cm³/mol. The van der Waals surface area contributed by atoms with E-state index in [9.17, 15) is 5.11 Å². The lowest BCUT2D eigenvalue weighted by molar-refractivity contribution is 0.125. The minimum absolute atomic E-state index is 0.188. The number of ether oxygens (including phenoxy) is 1. The highest BCUT2D eigenvalue weighted by molar-refractivity contribution is 7.09. The molecule has 1 heterocycles. The van der Waals surface area contributed by atoms with Gasteiger partial charge in [-0.15, -0.1) is 22.9 Å². The Kier molecular flexibility index (Phi) is 5.05. The summed E-state index contributed by atoms with van der Waals surface area (Å²) in [7, 11) is 0. The van der Waals surface area contributed by atoms with Crippen LogP contribution in [0.25, 0.3) is 0 Å². The van der Waals surface area contributed by atoms with E-state index in [1.165, 1.54) is 4.88 Å². The molecule has 0 aliphatic carbocycles. The van der Waals surface area contributed by atoms with Crippen LogP contribution < -0.4 is 4.74 Å². The van der Waals surface area contributed by atoms with E-state index in [4.69, 9.17) is 16.3 Å². The molecule has 0 bridgehead atoms. The first-order chi connectivity index (χ1) is 8.79. The number of aliphatic hydroxyl groups excluding tert-OH is 1. The Hall–Kier alpha value is -1.03. The number of para-hydroxylation sites is 1. The van der Waals surface area contributed by atoms with E-state index < -0.39 is 6.10 Å². The highest BCUT2D eigenvalue weighted by Gasteiger charge is 2.07. The first-order valence-electron chi connectivity index (χ1n) is 5.76. The zero-order chi connectivity index (χ0) is 12.8. The van der Waals surface area contributed by atoms with Crippen LogP contribution in [0, 0.1) is 0 Å². The number of rotatable bonds is 6. The quantitative estimate of drug-likeness (QED) is 0.824. The molecule has 0 saturated carbocycles. The molecule has 1 unspecified atom stereocenters. The molecule has 1 N–H and O–H groups in total. The van der Waals surface area contributed by atoms with E-state index in [1.807, 2.05) is 30.3 Å². The summed E-state index contributed by atoms with van der Waals surface area (Å²) in [6.45, 7) is 0.227. The van der Waals surface area contributed by atoms with Crippen LogP contribution in [-0.4, -0.2) is 23.7 Å². The molecule has 0 amide bonds. The molecule has 2 rings (SSSR count). The van der Waals surface area contributed by atoms with Crippen LogP contribution in [0.5, 0.6) is 5.75 Å². The topological polar surface area (TPSA) is 29.5 Å². The Labute approximate surface area is 116 Å². The molecule has 18 heavy (non-hydrogen) atoms. The first kappa shape index (κ1) is 13.4. The van der Waals surface area contributed by atoms with Crippen LogP contribution in [0.3, 0.4) is 0 Å². The third kappa shape index (κ3) is 3.73. The van der Waals surface area contributed by atoms with Crippen molar-refractivity contribution in [2.24, 2.45) is 0 Å². The summed E-state index contributed by atoms with van der Waals surface area (Å²) in [5.74, 6) is 1.00. The fourth-order valence-corrected chi connectivity index (χ4v) is 2.44. The summed E-state index contributed by atoms with van der Waals surface area (Å²) in [5, 5.41) is 11.5. The summed E-state index contributed by atoms with van der Waals surface area (Å²) >= 11 is 7.27. The number of hydrogen-bond donors (Lipinski definition) is 1. The maximum absolute atomic E-state index is 9.41. The van der Waals surface area contributed by atoms with Crippen molar-refractivity contribution in [3.8, 4) is 5.75 Å². The second-order valence-electron chi connectivity index (χ2n) is 3.98. The molecule has 0 aliphatic heterocycles. The van der Waals surface area contributed by atoms with E-state index in [-0.39, 0.29) is 12.5 Å². The molecular formula is C14H15ClO2S.